The summed E-state index contributed by atoms with van der Waals surface area (Å²) in [5, 5.41) is 187. The molecule has 0 bridgehead atoms. The highest BCUT2D eigenvalue weighted by Crippen LogP contribution is 2.66. The highest BCUT2D eigenvalue weighted by molar-refractivity contribution is 6.14. The lowest BCUT2D eigenvalue weighted by molar-refractivity contribution is 0.329. The highest BCUT2D eigenvalue weighted by atomic mass is 16.4. The van der Waals surface area contributed by atoms with E-state index in [0.717, 1.165) is 27.1 Å². The van der Waals surface area contributed by atoms with E-state index in [0.29, 0.717) is 16.5 Å². The average molecular weight is 846 g/mol. The smallest absolute Gasteiger partial charge is 0.208 e. The van der Waals surface area contributed by atoms with E-state index >= 15 is 0 Å². The molecule has 18 heteroatoms. The van der Waals surface area contributed by atoms with Crippen molar-refractivity contribution in [3.63, 3.8) is 0 Å². The van der Waals surface area contributed by atoms with Gasteiger partial charge in [-0.05, 0) is 56.9 Å². The third-order valence-corrected chi connectivity index (χ3v) is 10.5. The zero-order chi connectivity index (χ0) is 44.8. The summed E-state index contributed by atoms with van der Waals surface area (Å²) in [5.41, 5.74) is -5.32. The van der Waals surface area contributed by atoms with Crippen molar-refractivity contribution in [3.05, 3.63) is 84.9 Å². The van der Waals surface area contributed by atoms with E-state index in [4.69, 9.17) is 0 Å². The number of rotatable bonds is 6. The van der Waals surface area contributed by atoms with Crippen LogP contribution >= 0.6 is 0 Å². The lowest BCUT2D eigenvalue weighted by Gasteiger charge is -2.30. The Kier molecular flexibility index (Phi) is 8.86. The molecule has 314 valence electrons. The molecule has 8 rings (SSSR count). The van der Waals surface area contributed by atoms with Gasteiger partial charge in [-0.2, -0.15) is 0 Å². The summed E-state index contributed by atoms with van der Waals surface area (Å²) < 4.78 is 0. The minimum absolute atomic E-state index is 0.232. The maximum Gasteiger partial charge on any atom is 0.208 e. The zero-order valence-electron chi connectivity index (χ0n) is 31.1. The van der Waals surface area contributed by atoms with Crippen LogP contribution < -0.4 is 4.90 Å². The molecule has 62 heavy (non-hydrogen) atoms. The fraction of sp³-hybridized carbons (Fsp3) is 0. The van der Waals surface area contributed by atoms with Crippen molar-refractivity contribution in [1.29, 1.82) is 0 Å². The van der Waals surface area contributed by atoms with Gasteiger partial charge in [0, 0.05) is 11.3 Å². The second-order valence-corrected chi connectivity index (χ2v) is 13.9. The largest absolute Gasteiger partial charge is 0.506 e. The second-order valence-electron chi connectivity index (χ2n) is 13.9. The Bertz CT molecular complexity index is 3130. The molecule has 0 spiro atoms. The topological polar surface area (TPSA) is 347 Å². The first kappa shape index (κ1) is 39.5. The van der Waals surface area contributed by atoms with Crippen molar-refractivity contribution < 1.29 is 86.8 Å². The molecule has 0 atom stereocenters. The molecule has 0 heterocycles. The third kappa shape index (κ3) is 5.51. The quantitative estimate of drug-likeness (QED) is 0.0438. The van der Waals surface area contributed by atoms with Crippen molar-refractivity contribution in [1.82, 2.24) is 0 Å². The van der Waals surface area contributed by atoms with E-state index in [9.17, 15) is 86.8 Å². The third-order valence-electron chi connectivity index (χ3n) is 10.5. The van der Waals surface area contributed by atoms with Gasteiger partial charge in [0.25, 0.3) is 0 Å². The minimum Gasteiger partial charge on any atom is -0.506 e. The van der Waals surface area contributed by atoms with Crippen LogP contribution in [0.4, 0.5) is 17.1 Å². The van der Waals surface area contributed by atoms with Crippen molar-refractivity contribution in [2.45, 2.75) is 0 Å². The molecule has 0 amide bonds. The predicted molar refractivity (Wildman–Crippen MR) is 221 cm³/mol. The van der Waals surface area contributed by atoms with Gasteiger partial charge >= 0.3 is 0 Å². The predicted octanol–water partition coefficient (Wildman–Crippen LogP) is 7.46. The Morgan fingerprint density at radius 1 is 0.290 bits per heavy atom. The molecule has 0 fully saturated rings. The molecule has 8 aromatic rings. The van der Waals surface area contributed by atoms with Crippen LogP contribution in [-0.4, -0.2) is 86.8 Å². The Hall–Kier alpha value is -9.32. The van der Waals surface area contributed by atoms with Gasteiger partial charge in [-0.1, -0.05) is 60.7 Å². The first-order valence-electron chi connectivity index (χ1n) is 17.9. The van der Waals surface area contributed by atoms with Gasteiger partial charge < -0.3 is 86.8 Å². The van der Waals surface area contributed by atoms with E-state index in [2.05, 4.69) is 0 Å². The number of anilines is 3. The van der Waals surface area contributed by atoms with Gasteiger partial charge in [-0.3, -0.25) is 4.90 Å². The van der Waals surface area contributed by atoms with Crippen LogP contribution in [0.5, 0.6) is 97.7 Å². The number of fused-ring (bicyclic) bond motifs is 3. The first-order valence-corrected chi connectivity index (χ1v) is 17.9. The van der Waals surface area contributed by atoms with E-state index in [1.807, 2.05) is 54.6 Å². The highest BCUT2D eigenvalue weighted by Gasteiger charge is 2.37. The van der Waals surface area contributed by atoms with E-state index in [-0.39, 0.29) is 5.69 Å². The lowest BCUT2D eigenvalue weighted by Crippen LogP contribution is -2.12. The number of phenolic OH excluding ortho intramolecular Hbond substituents is 17. The molecule has 18 nitrogen and oxygen atoms in total. The summed E-state index contributed by atoms with van der Waals surface area (Å²) in [6, 6.07) is 23.4. The lowest BCUT2D eigenvalue weighted by atomic mass is 9.93. The second kappa shape index (κ2) is 13.9. The first-order chi connectivity index (χ1) is 29.4. The summed E-state index contributed by atoms with van der Waals surface area (Å²) in [7, 11) is 0. The molecule has 0 saturated heterocycles. The number of aromatic hydroxyl groups is 17. The average Bonchev–Trinajstić information content (AvgIpc) is 3.27. The van der Waals surface area contributed by atoms with Gasteiger partial charge in [0.2, 0.25) is 34.5 Å². The van der Waals surface area contributed by atoms with Crippen molar-refractivity contribution in [2.24, 2.45) is 0 Å². The van der Waals surface area contributed by atoms with Crippen molar-refractivity contribution >= 4 is 38.6 Å². The number of hydrogen-bond donors (Lipinski definition) is 17. The number of hydrogen-bond acceptors (Lipinski definition) is 18. The Morgan fingerprint density at radius 2 is 0.694 bits per heavy atom. The standard InChI is InChI=1S/C44H31NO17/c46-23-14-22(24-30(48)39(57)43(61)40(58)31(24)49)29(47)36(54)27(23)45(28-37(55)32(50)25(33(51)38(28)56)26-34(52)41(59)44(62)42(60)35(26)53)17-11-9-15(10-12-17)21-13-16-5-1-2-6-18(16)19-7-3-4-8-20(19)21/h1-14,46-62H. The van der Waals surface area contributed by atoms with E-state index in [1.54, 1.807) is 12.1 Å². The van der Waals surface area contributed by atoms with Crippen LogP contribution in [0.2, 0.25) is 0 Å². The number of phenols is 17. The fourth-order valence-corrected chi connectivity index (χ4v) is 7.50. The molecule has 0 aliphatic carbocycles. The number of nitrogens with zero attached hydrogens (tertiary/aromatic N) is 1. The maximum absolute atomic E-state index is 11.6. The van der Waals surface area contributed by atoms with Crippen LogP contribution in [0.25, 0.3) is 54.9 Å². The molecule has 0 saturated carbocycles. The van der Waals surface area contributed by atoms with Gasteiger partial charge in [-0.25, -0.2) is 0 Å². The summed E-state index contributed by atoms with van der Waals surface area (Å²) in [6.07, 6.45) is 0. The van der Waals surface area contributed by atoms with Crippen LogP contribution in [0, 0.1) is 0 Å². The SMILES string of the molecule is Oc1cc(-c2c(O)c(O)c(O)c(O)c2O)c(O)c(O)c1N(c1ccc(-c2cc3ccccc3c3ccccc23)cc1)c1c(O)c(O)c(-c2c(O)c(O)c(O)c(O)c2O)c(O)c1O. The molecule has 0 aliphatic rings. The summed E-state index contributed by atoms with van der Waals surface area (Å²) in [5.74, 6) is -23.9. The van der Waals surface area contributed by atoms with Gasteiger partial charge in [0.05, 0.1) is 16.7 Å². The van der Waals surface area contributed by atoms with Gasteiger partial charge in [-0.15, -0.1) is 0 Å². The normalized spacial score (nSPS) is 11.4. The van der Waals surface area contributed by atoms with Gasteiger partial charge in [0.1, 0.15) is 17.1 Å². The van der Waals surface area contributed by atoms with Crippen LogP contribution in [0.3, 0.4) is 0 Å². The Balaban J connectivity index is 1.40. The minimum atomic E-state index is -1.50. The fourth-order valence-electron chi connectivity index (χ4n) is 7.50. The molecule has 17 N–H and O–H groups in total. The zero-order valence-corrected chi connectivity index (χ0v) is 31.1. The molecular formula is C44H31NO17. The van der Waals surface area contributed by atoms with Gasteiger partial charge in [0.15, 0.2) is 57.5 Å². The molecule has 0 aromatic heterocycles. The maximum atomic E-state index is 11.6. The van der Waals surface area contributed by atoms with Crippen molar-refractivity contribution in [3.8, 4) is 131 Å². The Labute approximate surface area is 345 Å². The van der Waals surface area contributed by atoms with Crippen LogP contribution in [0.1, 0.15) is 0 Å². The molecule has 8 aromatic carbocycles. The van der Waals surface area contributed by atoms with E-state index < -0.39 is 131 Å². The van der Waals surface area contributed by atoms with Crippen LogP contribution in [0.15, 0.2) is 84.9 Å². The monoisotopic (exact) mass is 845 g/mol. The Morgan fingerprint density at radius 3 is 1.21 bits per heavy atom. The summed E-state index contributed by atoms with van der Waals surface area (Å²) in [4.78, 5) is 0.599. The summed E-state index contributed by atoms with van der Waals surface area (Å²) >= 11 is 0. The summed E-state index contributed by atoms with van der Waals surface area (Å²) in [6.45, 7) is 0. The molecular weight excluding hydrogens is 814 g/mol. The van der Waals surface area contributed by atoms with E-state index in [1.165, 1.54) is 12.1 Å². The molecule has 0 radical (unpaired) electrons. The number of benzene rings is 8. The van der Waals surface area contributed by atoms with Crippen LogP contribution in [-0.2, 0) is 0 Å². The molecule has 0 unspecified atom stereocenters. The van der Waals surface area contributed by atoms with Crippen molar-refractivity contribution in [2.75, 3.05) is 4.90 Å². The molecule has 0 aliphatic heterocycles.